The maximum atomic E-state index is 11.4. The zero-order valence-electron chi connectivity index (χ0n) is 13.5. The minimum atomic E-state index is 0.165. The van der Waals surface area contributed by atoms with Crippen molar-refractivity contribution in [1.82, 2.24) is 25.0 Å². The molecule has 1 fully saturated rings. The second kappa shape index (κ2) is 7.37. The van der Waals surface area contributed by atoms with E-state index in [-0.39, 0.29) is 11.9 Å². The van der Waals surface area contributed by atoms with Gasteiger partial charge in [-0.05, 0) is 31.0 Å². The van der Waals surface area contributed by atoms with Gasteiger partial charge < -0.3 is 5.32 Å². The van der Waals surface area contributed by atoms with Gasteiger partial charge >= 0.3 is 0 Å². The molecule has 2 aromatic heterocycles. The monoisotopic (exact) mass is 313 g/mol. The summed E-state index contributed by atoms with van der Waals surface area (Å²) in [4.78, 5) is 17.9. The van der Waals surface area contributed by atoms with Crippen LogP contribution in [0, 0.1) is 0 Å². The number of pyridine rings is 1. The Morgan fingerprint density at radius 2 is 2.09 bits per heavy atom. The molecule has 23 heavy (non-hydrogen) atoms. The Kier molecular flexibility index (Phi) is 5.02. The number of aryl methyl sites for hydroxylation is 1. The maximum absolute atomic E-state index is 11.4. The lowest BCUT2D eigenvalue weighted by molar-refractivity contribution is -0.119. The van der Waals surface area contributed by atoms with E-state index in [1.54, 1.807) is 0 Å². The summed E-state index contributed by atoms with van der Waals surface area (Å²) in [5, 5.41) is 7.41. The quantitative estimate of drug-likeness (QED) is 0.843. The number of amides is 1. The van der Waals surface area contributed by atoms with E-state index in [1.807, 2.05) is 35.4 Å². The third kappa shape index (κ3) is 4.39. The maximum Gasteiger partial charge on any atom is 0.220 e. The predicted molar refractivity (Wildman–Crippen MR) is 87.4 cm³/mol. The average Bonchev–Trinajstić information content (AvgIpc) is 3.17. The first-order valence-electron chi connectivity index (χ1n) is 8.15. The number of nitrogens with one attached hydrogen (secondary N) is 1. The molecular weight excluding hydrogens is 290 g/mol. The normalized spacial score (nSPS) is 17.7. The van der Waals surface area contributed by atoms with E-state index in [0.29, 0.717) is 6.42 Å². The van der Waals surface area contributed by atoms with Gasteiger partial charge in [-0.2, -0.15) is 5.10 Å². The fraction of sp³-hybridized carbons (Fsp3) is 0.471. The van der Waals surface area contributed by atoms with Crippen molar-refractivity contribution in [3.63, 3.8) is 0 Å². The molecule has 0 bridgehead atoms. The summed E-state index contributed by atoms with van der Waals surface area (Å²) < 4.78 is 1.94. The molecule has 1 unspecified atom stereocenters. The second-order valence-corrected chi connectivity index (χ2v) is 6.03. The lowest BCUT2D eigenvalue weighted by Crippen LogP contribution is -2.38. The zero-order valence-corrected chi connectivity index (χ0v) is 13.5. The van der Waals surface area contributed by atoms with E-state index in [0.717, 1.165) is 32.6 Å². The molecule has 3 heterocycles. The third-order valence-corrected chi connectivity index (χ3v) is 4.14. The Labute approximate surface area is 136 Å². The van der Waals surface area contributed by atoms with Crippen LogP contribution in [0.25, 0.3) is 0 Å². The molecule has 1 N–H and O–H groups in total. The predicted octanol–water partition coefficient (Wildman–Crippen LogP) is 1.58. The molecule has 0 saturated carbocycles. The minimum absolute atomic E-state index is 0.165. The lowest BCUT2D eigenvalue weighted by atomic mass is 10.1. The minimum Gasteiger partial charge on any atom is -0.352 e. The van der Waals surface area contributed by atoms with Crippen molar-refractivity contribution in [3.05, 3.63) is 48.0 Å². The first-order chi connectivity index (χ1) is 11.2. The molecule has 0 aromatic carbocycles. The molecule has 1 atom stereocenters. The summed E-state index contributed by atoms with van der Waals surface area (Å²) in [5.41, 5.74) is 2.43. The molecule has 3 rings (SSSR count). The first-order valence-corrected chi connectivity index (χ1v) is 8.15. The Bertz CT molecular complexity index is 639. The fourth-order valence-corrected chi connectivity index (χ4v) is 2.98. The summed E-state index contributed by atoms with van der Waals surface area (Å²) in [7, 11) is 0. The number of carbonyl (C=O) groups excluding carboxylic acids is 1. The van der Waals surface area contributed by atoms with E-state index in [2.05, 4.69) is 33.4 Å². The molecule has 1 saturated heterocycles. The van der Waals surface area contributed by atoms with Gasteiger partial charge in [0.2, 0.25) is 5.91 Å². The van der Waals surface area contributed by atoms with E-state index < -0.39 is 0 Å². The third-order valence-electron chi connectivity index (χ3n) is 4.14. The van der Waals surface area contributed by atoms with E-state index in [4.69, 9.17) is 0 Å². The van der Waals surface area contributed by atoms with Crippen LogP contribution in [0.1, 0.15) is 30.9 Å². The number of hydrogen-bond acceptors (Lipinski definition) is 4. The number of hydrogen-bond donors (Lipinski definition) is 1. The Hall–Kier alpha value is -2.21. The summed E-state index contributed by atoms with van der Waals surface area (Å²) in [6.07, 6.45) is 9.21. The van der Waals surface area contributed by atoms with Crippen LogP contribution in [0.4, 0.5) is 0 Å². The lowest BCUT2D eigenvalue weighted by Gasteiger charge is -2.25. The summed E-state index contributed by atoms with van der Waals surface area (Å²) in [5.74, 6) is 0.165. The summed E-state index contributed by atoms with van der Waals surface area (Å²) >= 11 is 0. The van der Waals surface area contributed by atoms with Gasteiger partial charge in [0, 0.05) is 62.8 Å². The van der Waals surface area contributed by atoms with Gasteiger partial charge in [-0.15, -0.1) is 0 Å². The highest BCUT2D eigenvalue weighted by Crippen LogP contribution is 2.14. The van der Waals surface area contributed by atoms with Crippen molar-refractivity contribution in [2.75, 3.05) is 6.54 Å². The molecule has 1 amide bonds. The highest BCUT2D eigenvalue weighted by Gasteiger charge is 2.23. The molecule has 0 aliphatic carbocycles. The van der Waals surface area contributed by atoms with Gasteiger partial charge in [0.05, 0.1) is 6.20 Å². The van der Waals surface area contributed by atoms with Crippen molar-refractivity contribution in [1.29, 1.82) is 0 Å². The largest absolute Gasteiger partial charge is 0.352 e. The number of rotatable bonds is 7. The van der Waals surface area contributed by atoms with Crippen LogP contribution in [-0.4, -0.2) is 38.2 Å². The standard InChI is InChI=1S/C17H23N5O/c1-2-22-12-15(9-19-22)11-21(10-14-5-7-18-8-6-14)13-16-3-4-17(23)20-16/h5-9,12,16H,2-4,10-11,13H2,1H3,(H,20,23). The van der Waals surface area contributed by atoms with Crippen LogP contribution >= 0.6 is 0 Å². The smallest absolute Gasteiger partial charge is 0.220 e. The molecule has 1 aliphatic heterocycles. The second-order valence-electron chi connectivity index (χ2n) is 6.03. The Morgan fingerprint density at radius 1 is 1.30 bits per heavy atom. The zero-order chi connectivity index (χ0) is 16.1. The van der Waals surface area contributed by atoms with Crippen LogP contribution in [0.15, 0.2) is 36.9 Å². The van der Waals surface area contributed by atoms with Gasteiger partial charge in [0.25, 0.3) is 0 Å². The summed E-state index contributed by atoms with van der Waals surface area (Å²) in [6.45, 7) is 5.48. The topological polar surface area (TPSA) is 63.1 Å². The van der Waals surface area contributed by atoms with E-state index >= 15 is 0 Å². The molecule has 2 aromatic rings. The molecule has 0 radical (unpaired) electrons. The molecule has 1 aliphatic rings. The van der Waals surface area contributed by atoms with Crippen molar-refractivity contribution in [2.24, 2.45) is 0 Å². The molecule has 0 spiro atoms. The number of carbonyl (C=O) groups is 1. The van der Waals surface area contributed by atoms with Crippen molar-refractivity contribution < 1.29 is 4.79 Å². The van der Waals surface area contributed by atoms with Crippen LogP contribution in [-0.2, 0) is 24.4 Å². The average molecular weight is 313 g/mol. The van der Waals surface area contributed by atoms with Crippen LogP contribution in [0.5, 0.6) is 0 Å². The van der Waals surface area contributed by atoms with Crippen LogP contribution in [0.2, 0.25) is 0 Å². The molecular formula is C17H23N5O. The van der Waals surface area contributed by atoms with Crippen LogP contribution in [0.3, 0.4) is 0 Å². The molecule has 6 heteroatoms. The highest BCUT2D eigenvalue weighted by molar-refractivity contribution is 5.78. The molecule has 6 nitrogen and oxygen atoms in total. The van der Waals surface area contributed by atoms with Gasteiger partial charge in [-0.25, -0.2) is 0 Å². The van der Waals surface area contributed by atoms with Crippen LogP contribution < -0.4 is 5.32 Å². The Balaban J connectivity index is 1.68. The number of nitrogens with zero attached hydrogens (tertiary/aromatic N) is 4. The summed E-state index contributed by atoms with van der Waals surface area (Å²) in [6, 6.07) is 4.32. The van der Waals surface area contributed by atoms with Gasteiger partial charge in [0.15, 0.2) is 0 Å². The van der Waals surface area contributed by atoms with Crippen molar-refractivity contribution in [3.8, 4) is 0 Å². The van der Waals surface area contributed by atoms with Gasteiger partial charge in [-0.3, -0.25) is 19.4 Å². The SMILES string of the molecule is CCn1cc(CN(Cc2ccncc2)CC2CCC(=O)N2)cn1. The van der Waals surface area contributed by atoms with Crippen molar-refractivity contribution >= 4 is 5.91 Å². The first kappa shape index (κ1) is 15.7. The van der Waals surface area contributed by atoms with E-state index in [1.165, 1.54) is 11.1 Å². The van der Waals surface area contributed by atoms with Crippen molar-refractivity contribution in [2.45, 2.75) is 45.4 Å². The van der Waals surface area contributed by atoms with E-state index in [9.17, 15) is 4.79 Å². The van der Waals surface area contributed by atoms with Gasteiger partial charge in [0.1, 0.15) is 0 Å². The van der Waals surface area contributed by atoms with Gasteiger partial charge in [-0.1, -0.05) is 0 Å². The number of aromatic nitrogens is 3. The Morgan fingerprint density at radius 3 is 2.74 bits per heavy atom. The highest BCUT2D eigenvalue weighted by atomic mass is 16.1. The fourth-order valence-electron chi connectivity index (χ4n) is 2.98. The molecule has 122 valence electrons.